The minimum atomic E-state index is -1.34. The Hall–Kier alpha value is -4.68. The largest absolute Gasteiger partial charge is 0.503 e. The molecule has 2 amide bonds. The number of aromatic hydroxyl groups is 1. The Labute approximate surface area is 239 Å². The Balaban J connectivity index is 1.15. The van der Waals surface area contributed by atoms with E-state index in [1.807, 2.05) is 4.90 Å². The molecular weight excluding hydrogens is 549 g/mol. The number of anilines is 1. The Morgan fingerprint density at radius 1 is 1.02 bits per heavy atom. The number of fused-ring (bicyclic) bond motifs is 1. The van der Waals surface area contributed by atoms with Gasteiger partial charge in [-0.3, -0.25) is 19.2 Å². The number of amides is 2. The highest BCUT2D eigenvalue weighted by Crippen LogP contribution is 2.38. The van der Waals surface area contributed by atoms with E-state index in [0.717, 1.165) is 18.9 Å². The zero-order chi connectivity index (χ0) is 30.1. The monoisotopic (exact) mass is 581 g/mol. The van der Waals surface area contributed by atoms with Crippen LogP contribution in [-0.4, -0.2) is 68.2 Å². The summed E-state index contributed by atoms with van der Waals surface area (Å²) in [5.41, 5.74) is -0.295. The van der Waals surface area contributed by atoms with Crippen LogP contribution >= 0.6 is 0 Å². The second kappa shape index (κ2) is 11.7. The Kier molecular flexibility index (Phi) is 8.01. The molecule has 2 aromatic heterocycles. The molecule has 12 nitrogen and oxygen atoms in total. The summed E-state index contributed by atoms with van der Waals surface area (Å²) in [6.07, 6.45) is 4.98. The van der Waals surface area contributed by atoms with Gasteiger partial charge in [-0.15, -0.1) is 0 Å². The average Bonchev–Trinajstić information content (AvgIpc) is 3.80. The van der Waals surface area contributed by atoms with E-state index in [4.69, 9.17) is 0 Å². The van der Waals surface area contributed by atoms with Crippen LogP contribution < -0.4 is 21.1 Å². The molecule has 0 unspecified atom stereocenters. The van der Waals surface area contributed by atoms with Gasteiger partial charge >= 0.3 is 5.97 Å². The Morgan fingerprint density at radius 2 is 1.74 bits per heavy atom. The summed E-state index contributed by atoms with van der Waals surface area (Å²) in [6, 6.07) is 4.04. The van der Waals surface area contributed by atoms with E-state index in [9.17, 15) is 34.2 Å². The van der Waals surface area contributed by atoms with Gasteiger partial charge in [0.05, 0.1) is 17.7 Å². The van der Waals surface area contributed by atoms with Crippen molar-refractivity contribution in [1.82, 2.24) is 19.4 Å². The predicted octanol–water partition coefficient (Wildman–Crippen LogP) is 1.71. The van der Waals surface area contributed by atoms with E-state index < -0.39 is 22.6 Å². The van der Waals surface area contributed by atoms with Gasteiger partial charge in [-0.1, -0.05) is 0 Å². The molecule has 1 aliphatic carbocycles. The second-order valence-electron chi connectivity index (χ2n) is 10.8. The number of aromatic nitrogens is 2. The Morgan fingerprint density at radius 3 is 2.40 bits per heavy atom. The first-order valence-corrected chi connectivity index (χ1v) is 13.8. The summed E-state index contributed by atoms with van der Waals surface area (Å²) in [4.78, 5) is 64.4. The zero-order valence-corrected chi connectivity index (χ0v) is 23.1. The highest BCUT2D eigenvalue weighted by Gasteiger charge is 2.29. The van der Waals surface area contributed by atoms with Crippen molar-refractivity contribution in [3.63, 3.8) is 0 Å². The molecule has 0 atom stereocenters. The Bertz CT molecular complexity index is 1690. The molecule has 5 rings (SSSR count). The van der Waals surface area contributed by atoms with Crippen LogP contribution in [0.2, 0.25) is 0 Å². The fourth-order valence-electron chi connectivity index (χ4n) is 5.27. The molecule has 1 saturated heterocycles. The summed E-state index contributed by atoms with van der Waals surface area (Å²) in [6.45, 7) is 1.60. The summed E-state index contributed by atoms with van der Waals surface area (Å²) < 4.78 is 18.5. The summed E-state index contributed by atoms with van der Waals surface area (Å²) >= 11 is 0. The van der Waals surface area contributed by atoms with E-state index in [0.29, 0.717) is 49.5 Å². The molecule has 42 heavy (non-hydrogen) atoms. The van der Waals surface area contributed by atoms with Crippen molar-refractivity contribution in [2.75, 3.05) is 31.1 Å². The van der Waals surface area contributed by atoms with Crippen LogP contribution in [0.1, 0.15) is 54.2 Å². The van der Waals surface area contributed by atoms with E-state index in [1.165, 1.54) is 18.5 Å². The molecule has 2 aliphatic rings. The number of halogens is 1. The molecule has 2 fully saturated rings. The van der Waals surface area contributed by atoms with Crippen LogP contribution in [0.15, 0.2) is 40.2 Å². The van der Waals surface area contributed by atoms with Crippen LogP contribution in [0.3, 0.4) is 0 Å². The maximum absolute atomic E-state index is 15.2. The van der Waals surface area contributed by atoms with Crippen molar-refractivity contribution in [1.29, 1.82) is 0 Å². The van der Waals surface area contributed by atoms with Crippen molar-refractivity contribution in [3.8, 4) is 5.75 Å². The molecule has 0 spiro atoms. The normalized spacial score (nSPS) is 15.2. The number of pyridine rings is 2. The zero-order valence-electron chi connectivity index (χ0n) is 23.1. The van der Waals surface area contributed by atoms with E-state index >= 15 is 4.39 Å². The first-order valence-electron chi connectivity index (χ1n) is 13.8. The maximum atomic E-state index is 15.2. The lowest BCUT2D eigenvalue weighted by Gasteiger charge is -2.36. The number of benzene rings is 1. The highest BCUT2D eigenvalue weighted by molar-refractivity contribution is 5.93. The number of aromatic carboxylic acids is 1. The van der Waals surface area contributed by atoms with Crippen LogP contribution in [-0.2, 0) is 23.2 Å². The number of hydrogen-bond acceptors (Lipinski definition) is 7. The fourth-order valence-corrected chi connectivity index (χ4v) is 5.27. The number of carbonyl (C=O) groups is 3. The molecule has 3 aromatic rings. The third-order valence-corrected chi connectivity index (χ3v) is 7.82. The number of carbonyl (C=O) groups excluding carboxylic acids is 2. The van der Waals surface area contributed by atoms with E-state index in [1.54, 1.807) is 27.1 Å². The standard InChI is InChI=1S/C29H32FN5O7/c1-32-16-25(37)24(36)11-18(32)14-31-26(38)3-2-4-27(39)34-9-7-33(8-10-34)23-13-22-19(12-21(23)30)28(40)20(29(41)42)15-35(22)17-5-6-17/h11-13,15-17,37H,2-10,14H2,1H3,(H,31,38)(H,41,42). The molecule has 1 saturated carbocycles. The molecule has 0 radical (unpaired) electrons. The molecule has 13 heteroatoms. The van der Waals surface area contributed by atoms with Crippen LogP contribution in [0.4, 0.5) is 10.1 Å². The third kappa shape index (κ3) is 5.99. The van der Waals surface area contributed by atoms with Gasteiger partial charge in [0.2, 0.25) is 22.7 Å². The van der Waals surface area contributed by atoms with Gasteiger partial charge in [-0.25, -0.2) is 9.18 Å². The smallest absolute Gasteiger partial charge is 0.341 e. The van der Waals surface area contributed by atoms with Crippen molar-refractivity contribution < 1.29 is 29.0 Å². The topological polar surface area (TPSA) is 154 Å². The van der Waals surface area contributed by atoms with E-state index in [-0.39, 0.29) is 53.9 Å². The molecule has 222 valence electrons. The third-order valence-electron chi connectivity index (χ3n) is 7.82. The van der Waals surface area contributed by atoms with Gasteiger partial charge in [0.15, 0.2) is 5.75 Å². The van der Waals surface area contributed by atoms with Gasteiger partial charge < -0.3 is 34.5 Å². The first kappa shape index (κ1) is 28.8. The molecule has 1 aliphatic heterocycles. The number of piperazine rings is 1. The minimum absolute atomic E-state index is 0.0352. The van der Waals surface area contributed by atoms with Crippen LogP contribution in [0.5, 0.6) is 5.75 Å². The van der Waals surface area contributed by atoms with Crippen LogP contribution in [0, 0.1) is 5.82 Å². The quantitative estimate of drug-likeness (QED) is 0.345. The second-order valence-corrected chi connectivity index (χ2v) is 10.8. The number of nitrogens with one attached hydrogen (secondary N) is 1. The lowest BCUT2D eigenvalue weighted by molar-refractivity contribution is -0.131. The lowest BCUT2D eigenvalue weighted by Crippen LogP contribution is -2.49. The number of carboxylic acids is 1. The first-order chi connectivity index (χ1) is 20.0. The minimum Gasteiger partial charge on any atom is -0.503 e. The molecule has 3 N–H and O–H groups in total. The van der Waals surface area contributed by atoms with Gasteiger partial charge in [0, 0.05) is 81.7 Å². The molecule has 0 bridgehead atoms. The summed E-state index contributed by atoms with van der Waals surface area (Å²) in [5, 5.41) is 21.6. The molecule has 1 aromatic carbocycles. The average molecular weight is 582 g/mol. The number of carboxylic acid groups (broad SMARTS) is 1. The summed E-state index contributed by atoms with van der Waals surface area (Å²) in [5.74, 6) is -2.71. The summed E-state index contributed by atoms with van der Waals surface area (Å²) in [7, 11) is 1.65. The number of nitrogens with zero attached hydrogens (tertiary/aromatic N) is 4. The number of rotatable bonds is 9. The van der Waals surface area contributed by atoms with Crippen molar-refractivity contribution in [2.24, 2.45) is 7.05 Å². The number of aryl methyl sites for hydroxylation is 1. The van der Waals surface area contributed by atoms with Crippen molar-refractivity contribution in [2.45, 2.75) is 44.7 Å². The van der Waals surface area contributed by atoms with Gasteiger partial charge in [0.25, 0.3) is 0 Å². The van der Waals surface area contributed by atoms with Gasteiger partial charge in [-0.05, 0) is 31.4 Å². The van der Waals surface area contributed by atoms with E-state index in [2.05, 4.69) is 5.32 Å². The van der Waals surface area contributed by atoms with Gasteiger partial charge in [-0.2, -0.15) is 0 Å². The maximum Gasteiger partial charge on any atom is 0.341 e. The molecular formula is C29H32FN5O7. The predicted molar refractivity (Wildman–Crippen MR) is 151 cm³/mol. The van der Waals surface area contributed by atoms with Crippen molar-refractivity contribution >= 4 is 34.4 Å². The SMILES string of the molecule is Cn1cc(O)c(=O)cc1CNC(=O)CCCC(=O)N1CCN(c2cc3c(cc2F)c(=O)c(C(=O)O)cn3C2CC2)CC1. The highest BCUT2D eigenvalue weighted by atomic mass is 19.1. The number of hydrogen-bond donors (Lipinski definition) is 3. The molecule has 3 heterocycles. The van der Waals surface area contributed by atoms with Crippen LogP contribution in [0.25, 0.3) is 10.9 Å². The fraction of sp³-hybridized carbons (Fsp3) is 0.414. The van der Waals surface area contributed by atoms with Gasteiger partial charge in [0.1, 0.15) is 11.4 Å². The van der Waals surface area contributed by atoms with Crippen molar-refractivity contribution in [3.05, 3.63) is 68.1 Å². The lowest BCUT2D eigenvalue weighted by atomic mass is 10.1.